The normalized spacial score (nSPS) is 12.9. The highest BCUT2D eigenvalue weighted by atomic mass is 79.9. The number of pyridine rings is 1. The van der Waals surface area contributed by atoms with E-state index in [9.17, 15) is 8.42 Å². The number of methoxy groups -OCH3 is 1. The molecule has 0 aliphatic heterocycles. The average molecular weight is 630 g/mol. The first-order valence-electron chi connectivity index (χ1n) is 12.1. The summed E-state index contributed by atoms with van der Waals surface area (Å²) in [5, 5.41) is 0. The average Bonchev–Trinajstić information content (AvgIpc) is 3.77. The van der Waals surface area contributed by atoms with E-state index >= 15 is 0 Å². The SMILES string of the molecule is COc1ccccc1Oc1c(NS(=O)(=O)NC2CC2)nc(-c2ccncc2)nc1OCCOc1ncc(Br)cn1. The molecule has 1 saturated carbocycles. The van der Waals surface area contributed by atoms with Gasteiger partial charge in [-0.05, 0) is 53.0 Å². The van der Waals surface area contributed by atoms with Crippen LogP contribution in [-0.2, 0) is 10.2 Å². The summed E-state index contributed by atoms with van der Waals surface area (Å²) in [4.78, 5) is 21.2. The highest BCUT2D eigenvalue weighted by Crippen LogP contribution is 2.41. The van der Waals surface area contributed by atoms with Gasteiger partial charge in [0.2, 0.25) is 5.75 Å². The van der Waals surface area contributed by atoms with Crippen LogP contribution in [0.25, 0.3) is 11.4 Å². The van der Waals surface area contributed by atoms with Gasteiger partial charge >= 0.3 is 16.2 Å². The number of hydrogen-bond donors (Lipinski definition) is 2. The van der Waals surface area contributed by atoms with Gasteiger partial charge in [-0.3, -0.25) is 9.71 Å². The van der Waals surface area contributed by atoms with Crippen LogP contribution in [0.3, 0.4) is 0 Å². The highest BCUT2D eigenvalue weighted by Gasteiger charge is 2.29. The topological polar surface area (TPSA) is 160 Å². The van der Waals surface area contributed by atoms with Crippen molar-refractivity contribution < 1.29 is 27.4 Å². The maximum atomic E-state index is 12.9. The summed E-state index contributed by atoms with van der Waals surface area (Å²) in [6, 6.07) is 10.3. The molecule has 3 aromatic heterocycles. The number of halogens is 1. The summed E-state index contributed by atoms with van der Waals surface area (Å²) in [7, 11) is -2.50. The van der Waals surface area contributed by atoms with Crippen molar-refractivity contribution in [2.24, 2.45) is 0 Å². The van der Waals surface area contributed by atoms with Crippen LogP contribution in [0.2, 0.25) is 0 Å². The highest BCUT2D eigenvalue weighted by molar-refractivity contribution is 9.10. The lowest BCUT2D eigenvalue weighted by Crippen LogP contribution is -2.32. The Morgan fingerprint density at radius 2 is 1.68 bits per heavy atom. The number of ether oxygens (including phenoxy) is 4. The number of nitrogens with one attached hydrogen (secondary N) is 2. The third kappa shape index (κ3) is 7.31. The first-order chi connectivity index (χ1) is 19.4. The Bertz CT molecular complexity index is 1560. The second kappa shape index (κ2) is 12.4. The van der Waals surface area contributed by atoms with Crippen molar-refractivity contribution in [3.05, 3.63) is 65.7 Å². The van der Waals surface area contributed by atoms with E-state index < -0.39 is 10.2 Å². The first-order valence-corrected chi connectivity index (χ1v) is 14.3. The molecule has 0 spiro atoms. The molecule has 1 fully saturated rings. The fourth-order valence-electron chi connectivity index (χ4n) is 3.36. The molecule has 0 radical (unpaired) electrons. The van der Waals surface area contributed by atoms with Crippen LogP contribution in [-0.4, -0.2) is 59.7 Å². The molecule has 0 bridgehead atoms. The molecule has 1 aliphatic rings. The Kier molecular flexibility index (Phi) is 8.52. The third-order valence-electron chi connectivity index (χ3n) is 5.33. The molecule has 2 N–H and O–H groups in total. The van der Waals surface area contributed by atoms with Gasteiger partial charge in [0, 0.05) is 36.4 Å². The van der Waals surface area contributed by atoms with Crippen molar-refractivity contribution >= 4 is 32.0 Å². The Balaban J connectivity index is 1.50. The minimum atomic E-state index is -4.00. The van der Waals surface area contributed by atoms with E-state index in [1.165, 1.54) is 7.11 Å². The van der Waals surface area contributed by atoms with Crippen molar-refractivity contribution in [1.82, 2.24) is 29.6 Å². The molecular weight excluding hydrogens is 606 g/mol. The van der Waals surface area contributed by atoms with Gasteiger partial charge in [-0.15, -0.1) is 0 Å². The number of benzene rings is 1. The number of hydrogen-bond acceptors (Lipinski definition) is 11. The largest absolute Gasteiger partial charge is 0.493 e. The van der Waals surface area contributed by atoms with Crippen molar-refractivity contribution in [2.45, 2.75) is 18.9 Å². The van der Waals surface area contributed by atoms with Crippen LogP contribution >= 0.6 is 15.9 Å². The van der Waals surface area contributed by atoms with Crippen molar-refractivity contribution in [1.29, 1.82) is 0 Å². The second-order valence-electron chi connectivity index (χ2n) is 8.40. The Labute approximate surface area is 238 Å². The van der Waals surface area contributed by atoms with Crippen LogP contribution in [0.4, 0.5) is 5.82 Å². The molecule has 0 atom stereocenters. The van der Waals surface area contributed by atoms with Gasteiger partial charge < -0.3 is 18.9 Å². The van der Waals surface area contributed by atoms with E-state index in [1.807, 2.05) is 0 Å². The molecule has 0 amide bonds. The summed E-state index contributed by atoms with van der Waals surface area (Å²) in [6.07, 6.45) is 7.78. The zero-order chi connectivity index (χ0) is 28.0. The number of para-hydroxylation sites is 2. The van der Waals surface area contributed by atoms with Crippen LogP contribution < -0.4 is 28.4 Å². The van der Waals surface area contributed by atoms with Crippen LogP contribution in [0.15, 0.2) is 65.7 Å². The van der Waals surface area contributed by atoms with E-state index in [4.69, 9.17) is 18.9 Å². The van der Waals surface area contributed by atoms with E-state index in [-0.39, 0.29) is 48.5 Å². The van der Waals surface area contributed by atoms with Gasteiger partial charge in [0.15, 0.2) is 23.1 Å². The Hall–Kier alpha value is -4.08. The van der Waals surface area contributed by atoms with Gasteiger partial charge in [-0.2, -0.15) is 18.1 Å². The van der Waals surface area contributed by atoms with Crippen molar-refractivity contribution in [3.8, 4) is 40.5 Å². The number of nitrogens with zero attached hydrogens (tertiary/aromatic N) is 5. The summed E-state index contributed by atoms with van der Waals surface area (Å²) in [5.74, 6) is 0.664. The Morgan fingerprint density at radius 3 is 2.38 bits per heavy atom. The molecule has 5 rings (SSSR count). The summed E-state index contributed by atoms with van der Waals surface area (Å²) < 4.78 is 54.7. The number of anilines is 1. The standard InChI is InChI=1S/C25H24BrN7O6S/c1-36-19-4-2-3-5-20(19)39-21-23(33-40(34,35)32-18-6-7-18)30-22(16-8-10-27-11-9-16)31-24(21)37-12-13-38-25-28-14-17(26)15-29-25/h2-5,8-11,14-15,18,32H,6-7,12-13H2,1H3,(H,30,31,33). The van der Waals surface area contributed by atoms with Crippen LogP contribution in [0.1, 0.15) is 12.8 Å². The lowest BCUT2D eigenvalue weighted by atomic mass is 10.2. The van der Waals surface area contributed by atoms with Gasteiger partial charge in [0.25, 0.3) is 5.88 Å². The molecule has 1 aromatic carbocycles. The molecule has 1 aliphatic carbocycles. The van der Waals surface area contributed by atoms with E-state index in [0.717, 1.165) is 12.8 Å². The minimum absolute atomic E-state index is 0.00101. The summed E-state index contributed by atoms with van der Waals surface area (Å²) in [6.45, 7) is 0.0651. The zero-order valence-electron chi connectivity index (χ0n) is 21.2. The van der Waals surface area contributed by atoms with Gasteiger partial charge in [0.05, 0.1) is 11.6 Å². The molecule has 208 valence electrons. The predicted octanol–water partition coefficient (Wildman–Crippen LogP) is 3.76. The maximum absolute atomic E-state index is 12.9. The molecule has 0 unspecified atom stereocenters. The Morgan fingerprint density at radius 1 is 0.975 bits per heavy atom. The predicted molar refractivity (Wildman–Crippen MR) is 148 cm³/mol. The lowest BCUT2D eigenvalue weighted by Gasteiger charge is -2.18. The monoisotopic (exact) mass is 629 g/mol. The maximum Gasteiger partial charge on any atom is 0.316 e. The number of rotatable bonds is 13. The van der Waals surface area contributed by atoms with Crippen LogP contribution in [0.5, 0.6) is 29.1 Å². The molecule has 0 saturated heterocycles. The van der Waals surface area contributed by atoms with E-state index in [2.05, 4.69) is 50.3 Å². The lowest BCUT2D eigenvalue weighted by molar-refractivity contribution is 0.197. The molecule has 15 heteroatoms. The van der Waals surface area contributed by atoms with Crippen molar-refractivity contribution in [3.63, 3.8) is 0 Å². The fourth-order valence-corrected chi connectivity index (χ4v) is 4.69. The van der Waals surface area contributed by atoms with E-state index in [1.54, 1.807) is 61.2 Å². The van der Waals surface area contributed by atoms with Gasteiger partial charge in [0.1, 0.15) is 13.2 Å². The molecule has 40 heavy (non-hydrogen) atoms. The summed E-state index contributed by atoms with van der Waals surface area (Å²) >= 11 is 3.27. The van der Waals surface area contributed by atoms with E-state index in [0.29, 0.717) is 21.5 Å². The second-order valence-corrected chi connectivity index (χ2v) is 10.8. The molecule has 4 aromatic rings. The van der Waals surface area contributed by atoms with Crippen LogP contribution in [0, 0.1) is 0 Å². The first kappa shape index (κ1) is 27.5. The van der Waals surface area contributed by atoms with Crippen molar-refractivity contribution in [2.75, 3.05) is 25.0 Å². The van der Waals surface area contributed by atoms with Gasteiger partial charge in [-0.1, -0.05) is 12.1 Å². The molecular formula is C25H24BrN7O6S. The molecule has 13 nitrogen and oxygen atoms in total. The number of aromatic nitrogens is 5. The third-order valence-corrected chi connectivity index (χ3v) is 6.85. The molecule has 3 heterocycles. The summed E-state index contributed by atoms with van der Waals surface area (Å²) in [5.41, 5.74) is 0.582. The zero-order valence-corrected chi connectivity index (χ0v) is 23.6. The fraction of sp³-hybridized carbons (Fsp3) is 0.240. The van der Waals surface area contributed by atoms with Gasteiger partial charge in [-0.25, -0.2) is 15.0 Å². The quantitative estimate of drug-likeness (QED) is 0.207. The smallest absolute Gasteiger partial charge is 0.316 e. The minimum Gasteiger partial charge on any atom is -0.493 e.